The maximum Gasteiger partial charge on any atom is 0.225 e. The van der Waals surface area contributed by atoms with E-state index >= 15 is 0 Å². The predicted molar refractivity (Wildman–Crippen MR) is 69.2 cm³/mol. The van der Waals surface area contributed by atoms with Gasteiger partial charge >= 0.3 is 0 Å². The van der Waals surface area contributed by atoms with Crippen molar-refractivity contribution in [1.82, 2.24) is 14.8 Å². The molecule has 1 heterocycles. The van der Waals surface area contributed by atoms with Gasteiger partial charge in [0.1, 0.15) is 5.82 Å². The first-order chi connectivity index (χ1) is 7.77. The molecule has 0 aliphatic heterocycles. The number of halogens is 1. The van der Waals surface area contributed by atoms with E-state index in [0.717, 1.165) is 18.7 Å². The Bertz CT molecular complexity index is 353. The molecule has 2 unspecified atom stereocenters. The van der Waals surface area contributed by atoms with Gasteiger partial charge in [0.2, 0.25) is 5.28 Å². The number of rotatable bonds is 4. The molecule has 1 saturated carbocycles. The molecule has 1 aromatic heterocycles. The van der Waals surface area contributed by atoms with Crippen LogP contribution in [0.3, 0.4) is 0 Å². The van der Waals surface area contributed by atoms with Gasteiger partial charge in [-0.3, -0.25) is 4.57 Å². The van der Waals surface area contributed by atoms with Crippen LogP contribution in [0.4, 0.5) is 0 Å². The maximum atomic E-state index is 6.16. The largest absolute Gasteiger partial charge is 0.298 e. The molecule has 5 heteroatoms. The summed E-state index contributed by atoms with van der Waals surface area (Å²) >= 11 is 8.10. The number of thioether (sulfide) groups is 1. The molecule has 1 aliphatic rings. The molecule has 2 atom stereocenters. The lowest BCUT2D eigenvalue weighted by molar-refractivity contribution is 0.504. The van der Waals surface area contributed by atoms with Gasteiger partial charge in [-0.05, 0) is 37.1 Å². The minimum Gasteiger partial charge on any atom is -0.298 e. The smallest absolute Gasteiger partial charge is 0.225 e. The fourth-order valence-corrected chi connectivity index (χ4v) is 3.74. The third-order valence-electron chi connectivity index (χ3n) is 3.25. The van der Waals surface area contributed by atoms with Crippen LogP contribution in [-0.2, 0) is 6.42 Å². The average Bonchev–Trinajstić information content (AvgIpc) is 2.85. The second-order valence-corrected chi connectivity index (χ2v) is 5.69. The van der Waals surface area contributed by atoms with Crippen LogP contribution in [0.5, 0.6) is 0 Å². The molecule has 1 aromatic rings. The Hall–Kier alpha value is -0.220. The van der Waals surface area contributed by atoms with Gasteiger partial charge in [-0.25, -0.2) is 0 Å². The maximum absolute atomic E-state index is 6.16. The number of hydrogen-bond donors (Lipinski definition) is 0. The van der Waals surface area contributed by atoms with Crippen molar-refractivity contribution in [2.24, 2.45) is 0 Å². The van der Waals surface area contributed by atoms with Crippen molar-refractivity contribution < 1.29 is 0 Å². The molecular formula is C11H18ClN3S. The Kier molecular flexibility index (Phi) is 4.14. The van der Waals surface area contributed by atoms with Crippen LogP contribution in [0, 0.1) is 0 Å². The molecule has 1 fully saturated rings. The van der Waals surface area contributed by atoms with Gasteiger partial charge in [0.15, 0.2) is 0 Å². The average molecular weight is 260 g/mol. The predicted octanol–water partition coefficient (Wildman–Crippen LogP) is 3.34. The molecule has 1 aliphatic carbocycles. The summed E-state index contributed by atoms with van der Waals surface area (Å²) < 4.78 is 2.17. The van der Waals surface area contributed by atoms with E-state index in [9.17, 15) is 0 Å². The molecule has 0 amide bonds. The lowest BCUT2D eigenvalue weighted by atomic mass is 10.2. The first kappa shape index (κ1) is 12.2. The fraction of sp³-hybridized carbons (Fsp3) is 0.818. The van der Waals surface area contributed by atoms with Gasteiger partial charge in [0, 0.05) is 17.7 Å². The van der Waals surface area contributed by atoms with Crippen LogP contribution in [0.15, 0.2) is 0 Å². The van der Waals surface area contributed by atoms with Crippen molar-refractivity contribution in [2.75, 3.05) is 6.26 Å². The Labute approximate surface area is 106 Å². The van der Waals surface area contributed by atoms with Gasteiger partial charge in [0.05, 0.1) is 0 Å². The van der Waals surface area contributed by atoms with E-state index in [4.69, 9.17) is 11.6 Å². The highest BCUT2D eigenvalue weighted by molar-refractivity contribution is 7.99. The molecular weight excluding hydrogens is 242 g/mol. The Morgan fingerprint density at radius 3 is 2.94 bits per heavy atom. The standard InChI is InChI=1S/C11H18ClN3S/c1-3-5-10-13-14-11(12)15(10)8-6-4-7-9(8)16-2/h8-9H,3-7H2,1-2H3. The Balaban J connectivity index is 2.27. The highest BCUT2D eigenvalue weighted by Crippen LogP contribution is 2.39. The van der Waals surface area contributed by atoms with Crippen molar-refractivity contribution in [2.45, 2.75) is 50.3 Å². The van der Waals surface area contributed by atoms with Gasteiger partial charge < -0.3 is 0 Å². The number of aryl methyl sites for hydroxylation is 1. The topological polar surface area (TPSA) is 30.7 Å². The second-order valence-electron chi connectivity index (χ2n) is 4.28. The Morgan fingerprint density at radius 2 is 2.25 bits per heavy atom. The van der Waals surface area contributed by atoms with E-state index in [1.165, 1.54) is 19.3 Å². The van der Waals surface area contributed by atoms with Gasteiger partial charge in [0.25, 0.3) is 0 Å². The molecule has 90 valence electrons. The molecule has 0 radical (unpaired) electrons. The fourth-order valence-electron chi connectivity index (χ4n) is 2.50. The summed E-state index contributed by atoms with van der Waals surface area (Å²) in [6.07, 6.45) is 8.02. The zero-order chi connectivity index (χ0) is 11.5. The monoisotopic (exact) mass is 259 g/mol. The molecule has 16 heavy (non-hydrogen) atoms. The summed E-state index contributed by atoms with van der Waals surface area (Å²) in [6.45, 7) is 2.16. The summed E-state index contributed by atoms with van der Waals surface area (Å²) in [5.41, 5.74) is 0. The van der Waals surface area contributed by atoms with Gasteiger partial charge in [-0.2, -0.15) is 11.8 Å². The van der Waals surface area contributed by atoms with E-state index in [1.54, 1.807) is 0 Å². The lowest BCUT2D eigenvalue weighted by Gasteiger charge is -2.21. The van der Waals surface area contributed by atoms with E-state index in [0.29, 0.717) is 16.6 Å². The summed E-state index contributed by atoms with van der Waals surface area (Å²) in [5.74, 6) is 1.05. The highest BCUT2D eigenvalue weighted by Gasteiger charge is 2.31. The zero-order valence-corrected chi connectivity index (χ0v) is 11.4. The van der Waals surface area contributed by atoms with E-state index in [-0.39, 0.29) is 0 Å². The molecule has 0 saturated heterocycles. The third kappa shape index (κ3) is 2.23. The first-order valence-corrected chi connectivity index (χ1v) is 7.56. The molecule has 0 aromatic carbocycles. The summed E-state index contributed by atoms with van der Waals surface area (Å²) in [4.78, 5) is 0. The van der Waals surface area contributed by atoms with Crippen LogP contribution < -0.4 is 0 Å². The summed E-state index contributed by atoms with van der Waals surface area (Å²) in [5, 5.41) is 9.44. The van der Waals surface area contributed by atoms with Crippen molar-refractivity contribution >= 4 is 23.4 Å². The number of aromatic nitrogens is 3. The summed E-state index contributed by atoms with van der Waals surface area (Å²) in [7, 11) is 0. The number of hydrogen-bond acceptors (Lipinski definition) is 3. The van der Waals surface area contributed by atoms with Crippen LogP contribution >= 0.6 is 23.4 Å². The summed E-state index contributed by atoms with van der Waals surface area (Å²) in [6, 6.07) is 0.499. The van der Waals surface area contributed by atoms with Crippen LogP contribution in [0.2, 0.25) is 5.28 Å². The minimum atomic E-state index is 0.499. The highest BCUT2D eigenvalue weighted by atomic mass is 35.5. The van der Waals surface area contributed by atoms with E-state index in [2.05, 4.69) is 27.9 Å². The molecule has 0 spiro atoms. The lowest BCUT2D eigenvalue weighted by Crippen LogP contribution is -2.18. The number of nitrogens with zero attached hydrogens (tertiary/aromatic N) is 3. The van der Waals surface area contributed by atoms with E-state index < -0.39 is 0 Å². The molecule has 3 nitrogen and oxygen atoms in total. The van der Waals surface area contributed by atoms with Crippen LogP contribution in [0.25, 0.3) is 0 Å². The normalized spacial score (nSPS) is 25.2. The molecule has 0 bridgehead atoms. The van der Waals surface area contributed by atoms with Crippen LogP contribution in [0.1, 0.15) is 44.5 Å². The van der Waals surface area contributed by atoms with Crippen LogP contribution in [-0.4, -0.2) is 26.3 Å². The Morgan fingerprint density at radius 1 is 1.44 bits per heavy atom. The van der Waals surface area contributed by atoms with Crippen molar-refractivity contribution in [3.63, 3.8) is 0 Å². The molecule has 0 N–H and O–H groups in total. The third-order valence-corrected chi connectivity index (χ3v) is 4.66. The first-order valence-electron chi connectivity index (χ1n) is 5.90. The minimum absolute atomic E-state index is 0.499. The van der Waals surface area contributed by atoms with Crippen molar-refractivity contribution in [3.8, 4) is 0 Å². The van der Waals surface area contributed by atoms with Gasteiger partial charge in [-0.1, -0.05) is 13.3 Å². The quantitative estimate of drug-likeness (QED) is 0.831. The van der Waals surface area contributed by atoms with Gasteiger partial charge in [-0.15, -0.1) is 10.2 Å². The van der Waals surface area contributed by atoms with Crippen molar-refractivity contribution in [1.29, 1.82) is 0 Å². The second kappa shape index (κ2) is 5.41. The molecule has 2 rings (SSSR count). The van der Waals surface area contributed by atoms with E-state index in [1.807, 2.05) is 11.8 Å². The van der Waals surface area contributed by atoms with Crippen molar-refractivity contribution in [3.05, 3.63) is 11.1 Å². The zero-order valence-electron chi connectivity index (χ0n) is 9.82. The SMILES string of the molecule is CCCc1nnc(Cl)n1C1CCCC1SC.